The maximum absolute atomic E-state index is 5.49. The summed E-state index contributed by atoms with van der Waals surface area (Å²) in [6, 6.07) is 0. The SMILES string of the molecule is COC1CCC(CCOC(C)OC)CC1. The molecule has 0 saturated heterocycles. The van der Waals surface area contributed by atoms with Gasteiger partial charge in [-0.1, -0.05) is 0 Å². The van der Waals surface area contributed by atoms with E-state index in [-0.39, 0.29) is 6.29 Å². The van der Waals surface area contributed by atoms with Gasteiger partial charge in [-0.2, -0.15) is 0 Å². The average Bonchev–Trinajstić information content (AvgIpc) is 2.29. The van der Waals surface area contributed by atoms with Crippen molar-refractivity contribution in [3.05, 3.63) is 0 Å². The Labute approximate surface area is 93.1 Å². The highest BCUT2D eigenvalue weighted by molar-refractivity contribution is 4.72. The van der Waals surface area contributed by atoms with Crippen LogP contribution in [0.15, 0.2) is 0 Å². The van der Waals surface area contributed by atoms with Gasteiger partial charge in [0.2, 0.25) is 0 Å². The number of hydrogen-bond donors (Lipinski definition) is 0. The number of hydrogen-bond acceptors (Lipinski definition) is 3. The zero-order valence-electron chi connectivity index (χ0n) is 10.2. The summed E-state index contributed by atoms with van der Waals surface area (Å²) in [6.07, 6.45) is 6.57. The molecule has 0 bridgehead atoms. The van der Waals surface area contributed by atoms with Gasteiger partial charge in [-0.15, -0.1) is 0 Å². The van der Waals surface area contributed by atoms with Gasteiger partial charge in [0, 0.05) is 20.8 Å². The molecule has 90 valence electrons. The molecule has 0 N–H and O–H groups in total. The van der Waals surface area contributed by atoms with E-state index in [0.29, 0.717) is 6.10 Å². The zero-order chi connectivity index (χ0) is 11.1. The fraction of sp³-hybridized carbons (Fsp3) is 1.00. The lowest BCUT2D eigenvalue weighted by Crippen LogP contribution is -2.22. The van der Waals surface area contributed by atoms with Gasteiger partial charge >= 0.3 is 0 Å². The summed E-state index contributed by atoms with van der Waals surface area (Å²) >= 11 is 0. The molecule has 0 heterocycles. The van der Waals surface area contributed by atoms with Crippen LogP contribution >= 0.6 is 0 Å². The maximum atomic E-state index is 5.49. The van der Waals surface area contributed by atoms with E-state index in [2.05, 4.69) is 0 Å². The molecule has 0 aromatic rings. The van der Waals surface area contributed by atoms with Crippen molar-refractivity contribution < 1.29 is 14.2 Å². The molecular weight excluding hydrogens is 192 g/mol. The molecule has 0 aliphatic heterocycles. The molecule has 1 fully saturated rings. The lowest BCUT2D eigenvalue weighted by atomic mass is 9.85. The second-order valence-corrected chi connectivity index (χ2v) is 4.34. The largest absolute Gasteiger partial charge is 0.381 e. The lowest BCUT2D eigenvalue weighted by Gasteiger charge is -2.27. The first kappa shape index (κ1) is 12.9. The van der Waals surface area contributed by atoms with Crippen molar-refractivity contribution in [2.24, 2.45) is 5.92 Å². The number of methoxy groups -OCH3 is 2. The molecule has 3 nitrogen and oxygen atoms in total. The summed E-state index contributed by atoms with van der Waals surface area (Å²) < 4.78 is 15.9. The third-order valence-electron chi connectivity index (χ3n) is 3.34. The van der Waals surface area contributed by atoms with E-state index < -0.39 is 0 Å². The van der Waals surface area contributed by atoms with E-state index >= 15 is 0 Å². The van der Waals surface area contributed by atoms with Gasteiger partial charge in [0.1, 0.15) is 0 Å². The number of rotatable bonds is 6. The Hall–Kier alpha value is -0.120. The minimum absolute atomic E-state index is 0.0692. The smallest absolute Gasteiger partial charge is 0.154 e. The molecule has 1 aliphatic rings. The van der Waals surface area contributed by atoms with Gasteiger partial charge in [-0.25, -0.2) is 0 Å². The monoisotopic (exact) mass is 216 g/mol. The average molecular weight is 216 g/mol. The summed E-state index contributed by atoms with van der Waals surface area (Å²) in [5, 5.41) is 0. The van der Waals surface area contributed by atoms with Gasteiger partial charge in [0.15, 0.2) is 6.29 Å². The van der Waals surface area contributed by atoms with E-state index in [1.807, 2.05) is 14.0 Å². The Balaban J connectivity index is 2.03. The Bertz CT molecular complexity index is 153. The van der Waals surface area contributed by atoms with Crippen LogP contribution in [0.3, 0.4) is 0 Å². The Morgan fingerprint density at radius 2 is 1.80 bits per heavy atom. The van der Waals surface area contributed by atoms with E-state index in [0.717, 1.165) is 18.9 Å². The molecule has 1 aliphatic carbocycles. The maximum Gasteiger partial charge on any atom is 0.154 e. The van der Waals surface area contributed by atoms with Crippen molar-refractivity contribution in [1.82, 2.24) is 0 Å². The van der Waals surface area contributed by atoms with Crippen LogP contribution in [0.1, 0.15) is 39.0 Å². The highest BCUT2D eigenvalue weighted by Crippen LogP contribution is 2.28. The van der Waals surface area contributed by atoms with Crippen molar-refractivity contribution >= 4 is 0 Å². The van der Waals surface area contributed by atoms with Crippen LogP contribution in [0.25, 0.3) is 0 Å². The first-order valence-electron chi connectivity index (χ1n) is 5.93. The first-order valence-corrected chi connectivity index (χ1v) is 5.93. The Morgan fingerprint density at radius 3 is 2.33 bits per heavy atom. The fourth-order valence-corrected chi connectivity index (χ4v) is 2.12. The standard InChI is InChI=1S/C12H24O3/c1-10(13-2)15-9-8-11-4-6-12(14-3)7-5-11/h10-12H,4-9H2,1-3H3. The topological polar surface area (TPSA) is 27.7 Å². The van der Waals surface area contributed by atoms with Gasteiger partial charge in [-0.3, -0.25) is 0 Å². The van der Waals surface area contributed by atoms with Gasteiger partial charge in [0.25, 0.3) is 0 Å². The molecule has 0 radical (unpaired) electrons. The van der Waals surface area contributed by atoms with Crippen LogP contribution in [-0.2, 0) is 14.2 Å². The first-order chi connectivity index (χ1) is 7.26. The predicted octanol–water partition coefficient (Wildman–Crippen LogP) is 2.59. The summed E-state index contributed by atoms with van der Waals surface area (Å²) in [5.41, 5.74) is 0. The van der Waals surface area contributed by atoms with Crippen molar-refractivity contribution in [1.29, 1.82) is 0 Å². The molecular formula is C12H24O3. The lowest BCUT2D eigenvalue weighted by molar-refractivity contribution is -0.114. The Morgan fingerprint density at radius 1 is 1.13 bits per heavy atom. The fourth-order valence-electron chi connectivity index (χ4n) is 2.12. The minimum atomic E-state index is -0.0692. The van der Waals surface area contributed by atoms with Crippen LogP contribution in [0.4, 0.5) is 0 Å². The summed E-state index contributed by atoms with van der Waals surface area (Å²) in [7, 11) is 3.49. The van der Waals surface area contributed by atoms with Gasteiger partial charge < -0.3 is 14.2 Å². The minimum Gasteiger partial charge on any atom is -0.381 e. The highest BCUT2D eigenvalue weighted by Gasteiger charge is 2.20. The molecule has 1 rings (SSSR count). The molecule has 3 heteroatoms. The molecule has 1 unspecified atom stereocenters. The second kappa shape index (κ2) is 7.20. The Kier molecular flexibility index (Phi) is 6.22. The van der Waals surface area contributed by atoms with Crippen LogP contribution in [0, 0.1) is 5.92 Å². The second-order valence-electron chi connectivity index (χ2n) is 4.34. The molecule has 15 heavy (non-hydrogen) atoms. The van der Waals surface area contributed by atoms with Crippen molar-refractivity contribution in [3.63, 3.8) is 0 Å². The van der Waals surface area contributed by atoms with Gasteiger partial charge in [0.05, 0.1) is 6.10 Å². The van der Waals surface area contributed by atoms with Crippen molar-refractivity contribution in [2.75, 3.05) is 20.8 Å². The summed E-state index contributed by atoms with van der Waals surface area (Å²) in [5.74, 6) is 0.820. The van der Waals surface area contributed by atoms with Crippen LogP contribution in [0.2, 0.25) is 0 Å². The van der Waals surface area contributed by atoms with E-state index in [1.54, 1.807) is 7.11 Å². The predicted molar refractivity (Wildman–Crippen MR) is 59.8 cm³/mol. The summed E-state index contributed by atoms with van der Waals surface area (Å²) in [6.45, 7) is 2.75. The molecule has 0 aromatic carbocycles. The van der Waals surface area contributed by atoms with Gasteiger partial charge in [-0.05, 0) is 44.9 Å². The van der Waals surface area contributed by atoms with E-state index in [4.69, 9.17) is 14.2 Å². The zero-order valence-corrected chi connectivity index (χ0v) is 10.2. The molecule has 0 aromatic heterocycles. The molecule has 1 atom stereocenters. The van der Waals surface area contributed by atoms with Crippen molar-refractivity contribution in [3.8, 4) is 0 Å². The summed E-state index contributed by atoms with van der Waals surface area (Å²) in [4.78, 5) is 0. The molecule has 0 spiro atoms. The van der Waals surface area contributed by atoms with E-state index in [9.17, 15) is 0 Å². The number of ether oxygens (including phenoxy) is 3. The quantitative estimate of drug-likeness (QED) is 0.639. The highest BCUT2D eigenvalue weighted by atomic mass is 16.7. The molecule has 0 amide bonds. The van der Waals surface area contributed by atoms with Crippen LogP contribution < -0.4 is 0 Å². The molecule has 1 saturated carbocycles. The third kappa shape index (κ3) is 4.96. The third-order valence-corrected chi connectivity index (χ3v) is 3.34. The van der Waals surface area contributed by atoms with Crippen LogP contribution in [-0.4, -0.2) is 33.2 Å². The van der Waals surface area contributed by atoms with E-state index in [1.165, 1.54) is 25.7 Å². The normalized spacial score (nSPS) is 29.0. The van der Waals surface area contributed by atoms with Crippen LogP contribution in [0.5, 0.6) is 0 Å². The van der Waals surface area contributed by atoms with Crippen molar-refractivity contribution in [2.45, 2.75) is 51.4 Å².